The van der Waals surface area contributed by atoms with Gasteiger partial charge in [0.25, 0.3) is 5.79 Å². The molecule has 1 aliphatic heterocycles. The lowest BCUT2D eigenvalue weighted by molar-refractivity contribution is -0.222. The lowest BCUT2D eigenvalue weighted by Gasteiger charge is -2.29. The molecule has 7 heteroatoms. The zero-order valence-electron chi connectivity index (χ0n) is 13.5. The van der Waals surface area contributed by atoms with Gasteiger partial charge in [0.15, 0.2) is 11.4 Å². The molecule has 2 N–H and O–H groups in total. The second-order valence-corrected chi connectivity index (χ2v) is 5.92. The van der Waals surface area contributed by atoms with E-state index in [0.717, 1.165) is 16.8 Å². The normalized spacial score (nSPS) is 16.4. The van der Waals surface area contributed by atoms with Crippen molar-refractivity contribution in [3.8, 4) is 11.3 Å². The fourth-order valence-corrected chi connectivity index (χ4v) is 2.28. The van der Waals surface area contributed by atoms with Gasteiger partial charge in [-0.2, -0.15) is 5.10 Å². The Labute approximate surface area is 138 Å². The van der Waals surface area contributed by atoms with Crippen LogP contribution in [0.25, 0.3) is 11.3 Å². The largest absolute Gasteiger partial charge is 0.419 e. The van der Waals surface area contributed by atoms with E-state index in [2.05, 4.69) is 15.5 Å². The summed E-state index contributed by atoms with van der Waals surface area (Å²) in [5, 5.41) is 9.80. The smallest absolute Gasteiger partial charge is 0.350 e. The van der Waals surface area contributed by atoms with Crippen molar-refractivity contribution in [2.75, 3.05) is 5.32 Å². The molecule has 0 bridgehead atoms. The first-order valence-electron chi connectivity index (χ1n) is 7.40. The van der Waals surface area contributed by atoms with Crippen LogP contribution in [-0.2, 0) is 19.1 Å². The number of hydrogen-bond donors (Lipinski definition) is 2. The van der Waals surface area contributed by atoms with Gasteiger partial charge < -0.3 is 14.8 Å². The second kappa shape index (κ2) is 5.84. The molecule has 0 radical (unpaired) electrons. The molecule has 0 aliphatic carbocycles. The number of nitrogens with zero attached hydrogens (tertiary/aromatic N) is 1. The minimum Gasteiger partial charge on any atom is -0.419 e. The van der Waals surface area contributed by atoms with E-state index >= 15 is 0 Å². The van der Waals surface area contributed by atoms with Crippen molar-refractivity contribution < 1.29 is 19.1 Å². The van der Waals surface area contributed by atoms with Crippen LogP contribution in [0.1, 0.15) is 19.4 Å². The summed E-state index contributed by atoms with van der Waals surface area (Å²) >= 11 is 0. The quantitative estimate of drug-likeness (QED) is 0.511. The molecule has 7 nitrogen and oxygen atoms in total. The van der Waals surface area contributed by atoms with Crippen molar-refractivity contribution in [1.29, 1.82) is 0 Å². The third-order valence-electron chi connectivity index (χ3n) is 3.39. The van der Waals surface area contributed by atoms with Crippen LogP contribution >= 0.6 is 0 Å². The van der Waals surface area contributed by atoms with E-state index in [1.807, 2.05) is 31.2 Å². The number of hydrogen-bond acceptors (Lipinski definition) is 6. The number of aromatic amines is 1. The van der Waals surface area contributed by atoms with E-state index in [1.165, 1.54) is 20.0 Å². The summed E-state index contributed by atoms with van der Waals surface area (Å²) in [6, 6.07) is 9.71. The molecule has 0 spiro atoms. The van der Waals surface area contributed by atoms with Crippen LogP contribution in [0.2, 0.25) is 0 Å². The second-order valence-electron chi connectivity index (χ2n) is 5.92. The van der Waals surface area contributed by atoms with E-state index < -0.39 is 17.7 Å². The molecule has 1 fully saturated rings. The molecule has 0 atom stereocenters. The van der Waals surface area contributed by atoms with Gasteiger partial charge in [-0.1, -0.05) is 23.8 Å². The average molecular weight is 327 g/mol. The summed E-state index contributed by atoms with van der Waals surface area (Å²) in [4.78, 5) is 23.7. The number of cyclic esters (lactones) is 2. The number of carbonyl (C=O) groups excluding carboxylic acids is 2. The van der Waals surface area contributed by atoms with Gasteiger partial charge in [0.05, 0.1) is 5.69 Å². The average Bonchev–Trinajstić information content (AvgIpc) is 2.94. The van der Waals surface area contributed by atoms with Crippen LogP contribution in [0, 0.1) is 6.92 Å². The molecule has 1 aliphatic rings. The van der Waals surface area contributed by atoms with Gasteiger partial charge >= 0.3 is 11.9 Å². The van der Waals surface area contributed by atoms with Gasteiger partial charge in [-0.25, -0.2) is 9.59 Å². The number of anilines is 1. The molecule has 2 heterocycles. The van der Waals surface area contributed by atoms with Crippen molar-refractivity contribution in [2.24, 2.45) is 0 Å². The number of ether oxygens (including phenoxy) is 2. The van der Waals surface area contributed by atoms with Crippen molar-refractivity contribution in [2.45, 2.75) is 26.6 Å². The molecule has 1 aromatic carbocycles. The standard InChI is InChI=1S/C17H17N3O4/c1-10-5-4-6-11(7-10)13-8-14(20-19-13)18-9-12-15(21)23-17(2,3)24-16(12)22/h4-9H,1-3H3,(H2,18,19,20). The summed E-state index contributed by atoms with van der Waals surface area (Å²) in [5.41, 5.74) is 2.72. The highest BCUT2D eigenvalue weighted by Gasteiger charge is 2.38. The van der Waals surface area contributed by atoms with Crippen molar-refractivity contribution in [3.63, 3.8) is 0 Å². The predicted molar refractivity (Wildman–Crippen MR) is 86.7 cm³/mol. The lowest BCUT2D eigenvalue weighted by atomic mass is 10.1. The van der Waals surface area contributed by atoms with Gasteiger partial charge in [-0.15, -0.1) is 0 Å². The first-order chi connectivity index (χ1) is 11.3. The molecule has 24 heavy (non-hydrogen) atoms. The van der Waals surface area contributed by atoms with Gasteiger partial charge in [0, 0.05) is 26.1 Å². The zero-order chi connectivity index (χ0) is 17.3. The Bertz CT molecular complexity index is 814. The number of nitrogens with one attached hydrogen (secondary N) is 2. The zero-order valence-corrected chi connectivity index (χ0v) is 13.5. The number of esters is 2. The molecule has 0 amide bonds. The van der Waals surface area contributed by atoms with Crippen LogP contribution < -0.4 is 5.32 Å². The number of carbonyl (C=O) groups is 2. The van der Waals surface area contributed by atoms with Crippen LogP contribution in [0.5, 0.6) is 0 Å². The van der Waals surface area contributed by atoms with Crippen LogP contribution in [0.4, 0.5) is 5.82 Å². The topological polar surface area (TPSA) is 93.3 Å². The predicted octanol–water partition coefficient (Wildman–Crippen LogP) is 2.52. The maximum Gasteiger partial charge on any atom is 0.350 e. The van der Waals surface area contributed by atoms with Crippen LogP contribution in [0.15, 0.2) is 42.1 Å². The summed E-state index contributed by atoms with van der Waals surface area (Å²) in [6.45, 7) is 4.99. The van der Waals surface area contributed by atoms with E-state index in [-0.39, 0.29) is 5.57 Å². The van der Waals surface area contributed by atoms with Gasteiger partial charge in [0.2, 0.25) is 0 Å². The Kier molecular flexibility index (Phi) is 3.84. The molecular weight excluding hydrogens is 310 g/mol. The Hall–Kier alpha value is -3.09. The minimum atomic E-state index is -1.25. The third kappa shape index (κ3) is 3.29. The van der Waals surface area contributed by atoms with E-state index in [9.17, 15) is 9.59 Å². The molecular formula is C17H17N3O4. The van der Waals surface area contributed by atoms with E-state index in [4.69, 9.17) is 9.47 Å². The number of rotatable bonds is 3. The van der Waals surface area contributed by atoms with Gasteiger partial charge in [0.1, 0.15) is 0 Å². The highest BCUT2D eigenvalue weighted by atomic mass is 16.7. The maximum absolute atomic E-state index is 11.8. The Morgan fingerprint density at radius 2 is 1.88 bits per heavy atom. The molecule has 0 unspecified atom stereocenters. The van der Waals surface area contributed by atoms with Crippen LogP contribution in [0.3, 0.4) is 0 Å². The summed E-state index contributed by atoms with van der Waals surface area (Å²) in [5.74, 6) is -2.27. The highest BCUT2D eigenvalue weighted by molar-refractivity contribution is 6.15. The highest BCUT2D eigenvalue weighted by Crippen LogP contribution is 2.23. The Morgan fingerprint density at radius 1 is 1.17 bits per heavy atom. The SMILES string of the molecule is Cc1cccc(-c2cc(NC=C3C(=O)OC(C)(C)OC3=O)n[nH]2)c1. The molecule has 1 saturated heterocycles. The first kappa shape index (κ1) is 15.8. The number of benzene rings is 1. The lowest BCUT2D eigenvalue weighted by Crippen LogP contribution is -2.42. The van der Waals surface area contributed by atoms with Gasteiger partial charge in [-0.3, -0.25) is 5.10 Å². The minimum absolute atomic E-state index is 0.213. The van der Waals surface area contributed by atoms with Crippen LogP contribution in [-0.4, -0.2) is 27.9 Å². The van der Waals surface area contributed by atoms with E-state index in [0.29, 0.717) is 5.82 Å². The van der Waals surface area contributed by atoms with Crippen molar-refractivity contribution >= 4 is 17.8 Å². The number of H-pyrrole nitrogens is 1. The van der Waals surface area contributed by atoms with E-state index in [1.54, 1.807) is 6.07 Å². The summed E-state index contributed by atoms with van der Waals surface area (Å²) in [6.07, 6.45) is 1.23. The Morgan fingerprint density at radius 3 is 2.54 bits per heavy atom. The first-order valence-corrected chi connectivity index (χ1v) is 7.40. The molecule has 2 aromatic rings. The summed E-state index contributed by atoms with van der Waals surface area (Å²) in [7, 11) is 0. The monoisotopic (exact) mass is 327 g/mol. The number of aryl methyl sites for hydroxylation is 1. The molecule has 1 aromatic heterocycles. The molecule has 3 rings (SSSR count). The molecule has 0 saturated carbocycles. The van der Waals surface area contributed by atoms with Crippen molar-refractivity contribution in [3.05, 3.63) is 47.7 Å². The third-order valence-corrected chi connectivity index (χ3v) is 3.39. The van der Waals surface area contributed by atoms with Gasteiger partial charge in [-0.05, 0) is 18.6 Å². The molecule has 124 valence electrons. The Balaban J connectivity index is 1.76. The summed E-state index contributed by atoms with van der Waals surface area (Å²) < 4.78 is 10.0. The maximum atomic E-state index is 11.8. The van der Waals surface area contributed by atoms with Crippen molar-refractivity contribution in [1.82, 2.24) is 10.2 Å². The fourth-order valence-electron chi connectivity index (χ4n) is 2.28. The fraction of sp³-hybridized carbons (Fsp3) is 0.235. The number of aromatic nitrogens is 2.